The van der Waals surface area contributed by atoms with Gasteiger partial charge in [-0.05, 0) is 50.8 Å². The molecule has 128 valence electrons. The van der Waals surface area contributed by atoms with Crippen molar-refractivity contribution in [3.8, 4) is 5.75 Å². The highest BCUT2D eigenvalue weighted by Gasteiger charge is 2.47. The van der Waals surface area contributed by atoms with Crippen molar-refractivity contribution in [1.82, 2.24) is 0 Å². The second-order valence-corrected chi connectivity index (χ2v) is 6.48. The average Bonchev–Trinajstić information content (AvgIpc) is 3.34. The maximum absolute atomic E-state index is 12.5. The van der Waals surface area contributed by atoms with Crippen LogP contribution in [-0.4, -0.2) is 38.4 Å². The summed E-state index contributed by atoms with van der Waals surface area (Å²) in [5.74, 6) is 0.686. The summed E-state index contributed by atoms with van der Waals surface area (Å²) in [6.07, 6.45) is 1.93. The third-order valence-electron chi connectivity index (χ3n) is 4.15. The number of methoxy groups -OCH3 is 2. The molecule has 1 saturated carbocycles. The van der Waals surface area contributed by atoms with E-state index in [2.05, 4.69) is 5.32 Å². The predicted molar refractivity (Wildman–Crippen MR) is 90.2 cm³/mol. The summed E-state index contributed by atoms with van der Waals surface area (Å²) in [6, 6.07) is 5.18. The second kappa shape index (κ2) is 7.51. The van der Waals surface area contributed by atoms with Crippen LogP contribution < -0.4 is 10.1 Å². The lowest BCUT2D eigenvalue weighted by atomic mass is 9.99. The van der Waals surface area contributed by atoms with Gasteiger partial charge in [-0.1, -0.05) is 11.6 Å². The number of anilines is 1. The molecule has 2 rings (SSSR count). The molecule has 5 nitrogen and oxygen atoms in total. The van der Waals surface area contributed by atoms with Gasteiger partial charge in [-0.3, -0.25) is 4.79 Å². The Balaban J connectivity index is 2.04. The Labute approximate surface area is 142 Å². The Morgan fingerprint density at radius 1 is 1.43 bits per heavy atom. The Bertz CT molecular complexity index is 562. The SMILES string of the molecule is COC[C@H](C)Oc1ccc(NC(=O)[C@@](C)(OC)C2CC2)cc1Cl. The Morgan fingerprint density at radius 2 is 2.13 bits per heavy atom. The molecule has 1 aromatic rings. The number of rotatable bonds is 8. The molecule has 0 bridgehead atoms. The van der Waals surface area contributed by atoms with Crippen LogP contribution in [0.15, 0.2) is 18.2 Å². The van der Waals surface area contributed by atoms with Crippen LogP contribution in [0.3, 0.4) is 0 Å². The highest BCUT2D eigenvalue weighted by molar-refractivity contribution is 6.32. The van der Waals surface area contributed by atoms with E-state index in [1.165, 1.54) is 0 Å². The fraction of sp³-hybridized carbons (Fsp3) is 0.588. The van der Waals surface area contributed by atoms with Crippen molar-refractivity contribution in [3.05, 3.63) is 23.2 Å². The first kappa shape index (κ1) is 18.0. The minimum atomic E-state index is -0.797. The molecule has 0 aromatic heterocycles. The molecule has 1 aromatic carbocycles. The summed E-state index contributed by atoms with van der Waals surface area (Å²) >= 11 is 6.23. The highest BCUT2D eigenvalue weighted by atomic mass is 35.5. The van der Waals surface area contributed by atoms with E-state index in [1.54, 1.807) is 32.4 Å². The molecule has 0 radical (unpaired) electrons. The van der Waals surface area contributed by atoms with Crippen LogP contribution in [0.1, 0.15) is 26.7 Å². The number of carbonyl (C=O) groups is 1. The van der Waals surface area contributed by atoms with Gasteiger partial charge in [0.15, 0.2) is 0 Å². The first-order valence-corrected chi connectivity index (χ1v) is 8.10. The molecule has 2 atom stereocenters. The number of hydrogen-bond acceptors (Lipinski definition) is 4. The molecule has 0 spiro atoms. The molecule has 1 aliphatic rings. The summed E-state index contributed by atoms with van der Waals surface area (Å²) in [5.41, 5.74) is -0.176. The lowest BCUT2D eigenvalue weighted by molar-refractivity contribution is -0.138. The zero-order valence-corrected chi connectivity index (χ0v) is 14.8. The van der Waals surface area contributed by atoms with Crippen molar-refractivity contribution in [2.75, 3.05) is 26.1 Å². The van der Waals surface area contributed by atoms with Crippen molar-refractivity contribution in [1.29, 1.82) is 0 Å². The van der Waals surface area contributed by atoms with E-state index in [-0.39, 0.29) is 17.9 Å². The lowest BCUT2D eigenvalue weighted by Crippen LogP contribution is -2.44. The van der Waals surface area contributed by atoms with E-state index in [0.29, 0.717) is 23.1 Å². The standard InChI is InChI=1S/C17H24ClNO4/c1-11(10-21-3)23-15-8-7-13(9-14(15)18)19-16(20)17(2,22-4)12-5-6-12/h7-9,11-12H,5-6,10H2,1-4H3,(H,19,20)/t11-,17-/m0/s1. The van der Waals surface area contributed by atoms with Gasteiger partial charge in [-0.25, -0.2) is 0 Å². The minimum absolute atomic E-state index is 0.107. The maximum atomic E-state index is 12.5. The molecule has 1 amide bonds. The zero-order valence-electron chi connectivity index (χ0n) is 14.0. The van der Waals surface area contributed by atoms with Crippen LogP contribution in [0.2, 0.25) is 5.02 Å². The van der Waals surface area contributed by atoms with Gasteiger partial charge in [0.05, 0.1) is 11.6 Å². The molecular formula is C17H24ClNO4. The molecular weight excluding hydrogens is 318 g/mol. The van der Waals surface area contributed by atoms with E-state index in [0.717, 1.165) is 12.8 Å². The lowest BCUT2D eigenvalue weighted by Gasteiger charge is -2.26. The first-order valence-electron chi connectivity index (χ1n) is 7.72. The van der Waals surface area contributed by atoms with E-state index >= 15 is 0 Å². The summed E-state index contributed by atoms with van der Waals surface area (Å²) < 4.78 is 16.2. The largest absolute Gasteiger partial charge is 0.487 e. The van der Waals surface area contributed by atoms with Gasteiger partial charge in [0.2, 0.25) is 0 Å². The molecule has 1 fully saturated rings. The number of nitrogens with one attached hydrogen (secondary N) is 1. The third kappa shape index (κ3) is 4.37. The third-order valence-corrected chi connectivity index (χ3v) is 4.45. The van der Waals surface area contributed by atoms with Crippen LogP contribution in [0.25, 0.3) is 0 Å². The Kier molecular flexibility index (Phi) is 5.89. The smallest absolute Gasteiger partial charge is 0.256 e. The second-order valence-electron chi connectivity index (χ2n) is 6.07. The molecule has 0 unspecified atom stereocenters. The predicted octanol–water partition coefficient (Wildman–Crippen LogP) is 3.51. The molecule has 1 aliphatic carbocycles. The molecule has 0 saturated heterocycles. The monoisotopic (exact) mass is 341 g/mol. The van der Waals surface area contributed by atoms with Crippen LogP contribution in [0.4, 0.5) is 5.69 Å². The molecule has 6 heteroatoms. The average molecular weight is 342 g/mol. The van der Waals surface area contributed by atoms with Crippen molar-refractivity contribution >= 4 is 23.2 Å². The molecule has 23 heavy (non-hydrogen) atoms. The highest BCUT2D eigenvalue weighted by Crippen LogP contribution is 2.42. The molecule has 1 N–H and O–H groups in total. The van der Waals surface area contributed by atoms with Crippen LogP contribution in [0.5, 0.6) is 5.75 Å². The van der Waals surface area contributed by atoms with Crippen molar-refractivity contribution in [2.45, 2.75) is 38.4 Å². The number of amides is 1. The number of carbonyl (C=O) groups excluding carboxylic acids is 1. The van der Waals surface area contributed by atoms with Crippen LogP contribution in [0, 0.1) is 5.92 Å². The number of halogens is 1. The summed E-state index contributed by atoms with van der Waals surface area (Å²) in [7, 11) is 3.19. The first-order chi connectivity index (χ1) is 10.9. The van der Waals surface area contributed by atoms with Crippen LogP contribution in [-0.2, 0) is 14.3 Å². The van der Waals surface area contributed by atoms with Gasteiger partial charge in [-0.2, -0.15) is 0 Å². The van der Waals surface area contributed by atoms with Gasteiger partial charge < -0.3 is 19.5 Å². The number of ether oxygens (including phenoxy) is 3. The van der Waals surface area contributed by atoms with Gasteiger partial charge in [0.25, 0.3) is 5.91 Å². The maximum Gasteiger partial charge on any atom is 0.256 e. The van der Waals surface area contributed by atoms with Gasteiger partial charge in [-0.15, -0.1) is 0 Å². The quantitative estimate of drug-likeness (QED) is 0.786. The number of hydrogen-bond donors (Lipinski definition) is 1. The van der Waals surface area contributed by atoms with E-state index in [1.807, 2.05) is 13.8 Å². The normalized spacial score (nSPS) is 18.1. The van der Waals surface area contributed by atoms with Crippen molar-refractivity contribution < 1.29 is 19.0 Å². The zero-order chi connectivity index (χ0) is 17.0. The summed E-state index contributed by atoms with van der Waals surface area (Å²) in [6.45, 7) is 4.20. The Hall–Kier alpha value is -1.30. The van der Waals surface area contributed by atoms with Gasteiger partial charge in [0, 0.05) is 19.9 Å². The topological polar surface area (TPSA) is 56.8 Å². The summed E-state index contributed by atoms with van der Waals surface area (Å²) in [5, 5.41) is 3.31. The van der Waals surface area contributed by atoms with E-state index in [9.17, 15) is 4.79 Å². The van der Waals surface area contributed by atoms with Crippen LogP contribution >= 0.6 is 11.6 Å². The van der Waals surface area contributed by atoms with Crippen molar-refractivity contribution in [2.24, 2.45) is 5.92 Å². The van der Waals surface area contributed by atoms with E-state index < -0.39 is 5.60 Å². The van der Waals surface area contributed by atoms with Gasteiger partial charge in [0.1, 0.15) is 17.5 Å². The van der Waals surface area contributed by atoms with E-state index in [4.69, 9.17) is 25.8 Å². The van der Waals surface area contributed by atoms with Crippen molar-refractivity contribution in [3.63, 3.8) is 0 Å². The minimum Gasteiger partial charge on any atom is -0.487 e. The fourth-order valence-electron chi connectivity index (χ4n) is 2.49. The fourth-order valence-corrected chi connectivity index (χ4v) is 2.72. The molecule has 0 aliphatic heterocycles. The van der Waals surface area contributed by atoms with Gasteiger partial charge >= 0.3 is 0 Å². The number of benzene rings is 1. The Morgan fingerprint density at radius 3 is 2.65 bits per heavy atom. The summed E-state index contributed by atoms with van der Waals surface area (Å²) in [4.78, 5) is 12.5. The molecule has 0 heterocycles.